The van der Waals surface area contributed by atoms with E-state index in [1.54, 1.807) is 0 Å². The molecule has 0 bridgehead atoms. The van der Waals surface area contributed by atoms with Gasteiger partial charge in [0.15, 0.2) is 0 Å². The highest BCUT2D eigenvalue weighted by molar-refractivity contribution is 5.85. The largest absolute Gasteiger partial charge is 0.379 e. The number of rotatable bonds is 7. The number of halogens is 1. The summed E-state index contributed by atoms with van der Waals surface area (Å²) in [5, 5.41) is 3.37. The molecule has 92 valence electrons. The number of pyridine rings is 1. The van der Waals surface area contributed by atoms with Crippen LogP contribution >= 0.6 is 12.4 Å². The maximum absolute atomic E-state index is 5.44. The fourth-order valence-electron chi connectivity index (χ4n) is 1.25. The first kappa shape index (κ1) is 15.4. The summed E-state index contributed by atoms with van der Waals surface area (Å²) in [6.45, 7) is 6.86. The van der Waals surface area contributed by atoms with Gasteiger partial charge in [-0.1, -0.05) is 0 Å². The number of aromatic nitrogens is 1. The van der Waals surface area contributed by atoms with E-state index in [0.29, 0.717) is 6.10 Å². The zero-order chi connectivity index (χ0) is 10.9. The first-order valence-electron chi connectivity index (χ1n) is 5.50. The van der Waals surface area contributed by atoms with Crippen LogP contribution in [0.15, 0.2) is 24.5 Å². The second-order valence-corrected chi connectivity index (χ2v) is 3.81. The third-order valence-corrected chi connectivity index (χ3v) is 2.03. The van der Waals surface area contributed by atoms with E-state index in [-0.39, 0.29) is 12.4 Å². The lowest BCUT2D eigenvalue weighted by Gasteiger charge is -2.08. The molecule has 0 spiro atoms. The van der Waals surface area contributed by atoms with Gasteiger partial charge in [0.2, 0.25) is 0 Å². The van der Waals surface area contributed by atoms with Gasteiger partial charge in [-0.05, 0) is 44.5 Å². The van der Waals surface area contributed by atoms with E-state index in [0.717, 1.165) is 26.1 Å². The normalized spacial score (nSPS) is 10.2. The Bertz CT molecular complexity index is 254. The van der Waals surface area contributed by atoms with Gasteiger partial charge in [-0.15, -0.1) is 12.4 Å². The molecule has 0 atom stereocenters. The van der Waals surface area contributed by atoms with Crippen LogP contribution in [0.25, 0.3) is 0 Å². The summed E-state index contributed by atoms with van der Waals surface area (Å²) in [6, 6.07) is 4.05. The monoisotopic (exact) mass is 244 g/mol. The highest BCUT2D eigenvalue weighted by Crippen LogP contribution is 1.95. The van der Waals surface area contributed by atoms with Gasteiger partial charge in [-0.2, -0.15) is 0 Å². The highest BCUT2D eigenvalue weighted by atomic mass is 35.5. The van der Waals surface area contributed by atoms with E-state index >= 15 is 0 Å². The van der Waals surface area contributed by atoms with Crippen molar-refractivity contribution >= 4 is 12.4 Å². The van der Waals surface area contributed by atoms with E-state index in [1.165, 1.54) is 5.56 Å². The van der Waals surface area contributed by atoms with Crippen molar-refractivity contribution in [2.75, 3.05) is 13.2 Å². The van der Waals surface area contributed by atoms with Crippen LogP contribution < -0.4 is 5.32 Å². The van der Waals surface area contributed by atoms with Crippen molar-refractivity contribution in [3.05, 3.63) is 30.1 Å². The minimum atomic E-state index is 0. The summed E-state index contributed by atoms with van der Waals surface area (Å²) < 4.78 is 5.44. The van der Waals surface area contributed by atoms with Gasteiger partial charge in [0, 0.05) is 25.5 Å². The van der Waals surface area contributed by atoms with Gasteiger partial charge >= 0.3 is 0 Å². The minimum absolute atomic E-state index is 0. The topological polar surface area (TPSA) is 34.1 Å². The Kier molecular flexibility index (Phi) is 9.19. The van der Waals surface area contributed by atoms with Crippen molar-refractivity contribution in [2.45, 2.75) is 32.9 Å². The molecule has 0 unspecified atom stereocenters. The Morgan fingerprint density at radius 1 is 1.31 bits per heavy atom. The molecule has 0 saturated heterocycles. The van der Waals surface area contributed by atoms with Crippen molar-refractivity contribution in [1.29, 1.82) is 0 Å². The van der Waals surface area contributed by atoms with Crippen LogP contribution in [0.5, 0.6) is 0 Å². The summed E-state index contributed by atoms with van der Waals surface area (Å²) in [5.41, 5.74) is 1.27. The molecule has 0 amide bonds. The van der Waals surface area contributed by atoms with Crippen LogP contribution in [-0.2, 0) is 11.3 Å². The molecular weight excluding hydrogens is 224 g/mol. The molecular formula is C12H21ClN2O. The van der Waals surface area contributed by atoms with Crippen LogP contribution in [0.3, 0.4) is 0 Å². The van der Waals surface area contributed by atoms with E-state index < -0.39 is 0 Å². The van der Waals surface area contributed by atoms with Crippen LogP contribution in [0.4, 0.5) is 0 Å². The molecule has 1 N–H and O–H groups in total. The SMILES string of the molecule is CC(C)OCCCNCc1ccncc1.Cl. The van der Waals surface area contributed by atoms with Crippen molar-refractivity contribution in [3.8, 4) is 0 Å². The third kappa shape index (κ3) is 7.63. The Morgan fingerprint density at radius 2 is 2.00 bits per heavy atom. The fraction of sp³-hybridized carbons (Fsp3) is 0.583. The Balaban J connectivity index is 0.00000225. The zero-order valence-electron chi connectivity index (χ0n) is 9.98. The lowest BCUT2D eigenvalue weighted by molar-refractivity contribution is 0.0770. The van der Waals surface area contributed by atoms with Gasteiger partial charge in [-0.25, -0.2) is 0 Å². The first-order chi connectivity index (χ1) is 7.29. The standard InChI is InChI=1S/C12H20N2O.ClH/c1-11(2)15-9-3-6-14-10-12-4-7-13-8-5-12;/h4-5,7-8,11,14H,3,6,9-10H2,1-2H3;1H. The Hall–Kier alpha value is -0.640. The quantitative estimate of drug-likeness (QED) is 0.748. The van der Waals surface area contributed by atoms with E-state index in [2.05, 4.69) is 24.1 Å². The van der Waals surface area contributed by atoms with Crippen LogP contribution in [0.2, 0.25) is 0 Å². The lowest BCUT2D eigenvalue weighted by Crippen LogP contribution is -2.17. The molecule has 0 saturated carbocycles. The van der Waals surface area contributed by atoms with E-state index in [1.807, 2.05) is 24.5 Å². The van der Waals surface area contributed by atoms with Gasteiger partial charge in [0.25, 0.3) is 0 Å². The molecule has 0 aliphatic heterocycles. The maximum Gasteiger partial charge on any atom is 0.0518 e. The molecule has 1 heterocycles. The van der Waals surface area contributed by atoms with Crippen LogP contribution in [0, 0.1) is 0 Å². The predicted octanol–water partition coefficient (Wildman–Crippen LogP) is 2.41. The number of hydrogen-bond acceptors (Lipinski definition) is 3. The van der Waals surface area contributed by atoms with Gasteiger partial charge in [0.05, 0.1) is 6.10 Å². The Labute approximate surface area is 104 Å². The third-order valence-electron chi connectivity index (χ3n) is 2.03. The summed E-state index contributed by atoms with van der Waals surface area (Å²) in [6.07, 6.45) is 5.03. The Morgan fingerprint density at radius 3 is 2.62 bits per heavy atom. The smallest absolute Gasteiger partial charge is 0.0518 e. The van der Waals surface area contributed by atoms with E-state index in [4.69, 9.17) is 4.74 Å². The number of ether oxygens (including phenoxy) is 1. The summed E-state index contributed by atoms with van der Waals surface area (Å²) in [5.74, 6) is 0. The first-order valence-corrected chi connectivity index (χ1v) is 5.50. The van der Waals surface area contributed by atoms with Gasteiger partial charge in [0.1, 0.15) is 0 Å². The molecule has 16 heavy (non-hydrogen) atoms. The molecule has 3 nitrogen and oxygen atoms in total. The summed E-state index contributed by atoms with van der Waals surface area (Å²) >= 11 is 0. The minimum Gasteiger partial charge on any atom is -0.379 e. The number of hydrogen-bond donors (Lipinski definition) is 1. The molecule has 0 radical (unpaired) electrons. The zero-order valence-corrected chi connectivity index (χ0v) is 10.8. The second kappa shape index (κ2) is 9.58. The second-order valence-electron chi connectivity index (χ2n) is 3.81. The lowest BCUT2D eigenvalue weighted by atomic mass is 10.3. The molecule has 0 fully saturated rings. The molecule has 0 aliphatic carbocycles. The molecule has 4 heteroatoms. The summed E-state index contributed by atoms with van der Waals surface area (Å²) in [7, 11) is 0. The van der Waals surface area contributed by atoms with Gasteiger partial charge < -0.3 is 10.1 Å². The molecule has 0 aliphatic rings. The molecule has 1 aromatic rings. The number of nitrogens with zero attached hydrogens (tertiary/aromatic N) is 1. The number of nitrogens with one attached hydrogen (secondary N) is 1. The fourth-order valence-corrected chi connectivity index (χ4v) is 1.25. The van der Waals surface area contributed by atoms with Crippen molar-refractivity contribution in [2.24, 2.45) is 0 Å². The summed E-state index contributed by atoms with van der Waals surface area (Å²) in [4.78, 5) is 3.97. The maximum atomic E-state index is 5.44. The molecule has 1 aromatic heterocycles. The van der Waals surface area contributed by atoms with Crippen molar-refractivity contribution in [3.63, 3.8) is 0 Å². The van der Waals surface area contributed by atoms with E-state index in [9.17, 15) is 0 Å². The average molecular weight is 245 g/mol. The molecule has 0 aromatic carbocycles. The predicted molar refractivity (Wildman–Crippen MR) is 68.9 cm³/mol. The van der Waals surface area contributed by atoms with Crippen molar-refractivity contribution < 1.29 is 4.74 Å². The van der Waals surface area contributed by atoms with Crippen molar-refractivity contribution in [1.82, 2.24) is 10.3 Å². The average Bonchev–Trinajstić information content (AvgIpc) is 2.24. The van der Waals surface area contributed by atoms with Gasteiger partial charge in [-0.3, -0.25) is 4.98 Å². The molecule has 1 rings (SSSR count). The van der Waals surface area contributed by atoms with Crippen LogP contribution in [-0.4, -0.2) is 24.2 Å². The van der Waals surface area contributed by atoms with Crippen LogP contribution in [0.1, 0.15) is 25.8 Å². The highest BCUT2D eigenvalue weighted by Gasteiger charge is 1.93.